The van der Waals surface area contributed by atoms with Crippen molar-refractivity contribution >= 4 is 11.8 Å². The van der Waals surface area contributed by atoms with Crippen LogP contribution in [0.3, 0.4) is 0 Å². The Hall–Kier alpha value is -1.39. The van der Waals surface area contributed by atoms with Crippen molar-refractivity contribution in [1.29, 1.82) is 0 Å². The van der Waals surface area contributed by atoms with E-state index in [0.29, 0.717) is 11.3 Å². The van der Waals surface area contributed by atoms with Gasteiger partial charge in [-0.05, 0) is 48.4 Å². The lowest BCUT2D eigenvalue weighted by Gasteiger charge is -2.12. The van der Waals surface area contributed by atoms with Gasteiger partial charge in [0.15, 0.2) is 0 Å². The maximum absolute atomic E-state index is 13.2. The van der Waals surface area contributed by atoms with Crippen LogP contribution in [0.5, 0.6) is 0 Å². The zero-order valence-corrected chi connectivity index (χ0v) is 11.4. The SMILES string of the molecule is Cc1cc(C(N)CSc2ccc(F)cc2)ccc1F. The normalized spacial score (nSPS) is 12.4. The van der Waals surface area contributed by atoms with E-state index in [9.17, 15) is 8.78 Å². The Labute approximate surface area is 115 Å². The molecule has 2 aromatic carbocycles. The fraction of sp³-hybridized carbons (Fsp3) is 0.200. The summed E-state index contributed by atoms with van der Waals surface area (Å²) in [5.74, 6) is 0.196. The van der Waals surface area contributed by atoms with Gasteiger partial charge >= 0.3 is 0 Å². The molecule has 2 rings (SSSR count). The zero-order chi connectivity index (χ0) is 13.8. The molecule has 0 bridgehead atoms. The molecule has 2 aromatic rings. The van der Waals surface area contributed by atoms with Crippen molar-refractivity contribution in [2.45, 2.75) is 17.9 Å². The summed E-state index contributed by atoms with van der Waals surface area (Å²) in [6, 6.07) is 11.0. The van der Waals surface area contributed by atoms with Crippen LogP contribution in [0, 0.1) is 18.6 Å². The average molecular weight is 279 g/mol. The van der Waals surface area contributed by atoms with Gasteiger partial charge < -0.3 is 5.73 Å². The van der Waals surface area contributed by atoms with E-state index < -0.39 is 0 Å². The van der Waals surface area contributed by atoms with Crippen LogP contribution in [0.25, 0.3) is 0 Å². The second-order valence-electron chi connectivity index (χ2n) is 4.38. The van der Waals surface area contributed by atoms with Gasteiger partial charge in [0, 0.05) is 16.7 Å². The van der Waals surface area contributed by atoms with Crippen molar-refractivity contribution in [2.75, 3.05) is 5.75 Å². The Morgan fingerprint density at radius 2 is 1.79 bits per heavy atom. The third-order valence-corrected chi connectivity index (χ3v) is 3.98. The standard InChI is InChI=1S/C15H15F2NS/c1-10-8-11(2-7-14(10)17)15(18)9-19-13-5-3-12(16)4-6-13/h2-8,15H,9,18H2,1H3. The van der Waals surface area contributed by atoms with Gasteiger partial charge in [-0.15, -0.1) is 11.8 Å². The van der Waals surface area contributed by atoms with Crippen LogP contribution in [0.1, 0.15) is 17.2 Å². The summed E-state index contributed by atoms with van der Waals surface area (Å²) >= 11 is 1.56. The minimum Gasteiger partial charge on any atom is -0.323 e. The summed E-state index contributed by atoms with van der Waals surface area (Å²) in [6.45, 7) is 1.72. The first-order valence-electron chi connectivity index (χ1n) is 5.96. The Bertz CT molecular complexity index is 555. The summed E-state index contributed by atoms with van der Waals surface area (Å²) in [6.07, 6.45) is 0. The molecule has 0 spiro atoms. The van der Waals surface area contributed by atoms with E-state index >= 15 is 0 Å². The number of nitrogens with two attached hydrogens (primary N) is 1. The van der Waals surface area contributed by atoms with E-state index in [1.165, 1.54) is 18.2 Å². The number of hydrogen-bond donors (Lipinski definition) is 1. The van der Waals surface area contributed by atoms with E-state index in [0.717, 1.165) is 10.5 Å². The average Bonchev–Trinajstić information content (AvgIpc) is 2.41. The van der Waals surface area contributed by atoms with Crippen LogP contribution in [-0.4, -0.2) is 5.75 Å². The predicted molar refractivity (Wildman–Crippen MR) is 75.2 cm³/mol. The Morgan fingerprint density at radius 1 is 1.11 bits per heavy atom. The van der Waals surface area contributed by atoms with Gasteiger partial charge in [0.25, 0.3) is 0 Å². The van der Waals surface area contributed by atoms with Gasteiger partial charge in [0.2, 0.25) is 0 Å². The molecule has 0 aliphatic rings. The van der Waals surface area contributed by atoms with Crippen LogP contribution in [-0.2, 0) is 0 Å². The van der Waals surface area contributed by atoms with Crippen LogP contribution in [0.2, 0.25) is 0 Å². The van der Waals surface area contributed by atoms with Gasteiger partial charge in [0.05, 0.1) is 0 Å². The van der Waals surface area contributed by atoms with Crippen LogP contribution in [0.4, 0.5) is 8.78 Å². The molecule has 0 aliphatic carbocycles. The minimum absolute atomic E-state index is 0.172. The molecule has 0 fully saturated rings. The Balaban J connectivity index is 1.98. The molecule has 0 saturated heterocycles. The zero-order valence-electron chi connectivity index (χ0n) is 10.6. The first-order chi connectivity index (χ1) is 9.06. The highest BCUT2D eigenvalue weighted by Gasteiger charge is 2.08. The Morgan fingerprint density at radius 3 is 2.42 bits per heavy atom. The maximum atomic E-state index is 13.2. The van der Waals surface area contributed by atoms with Gasteiger partial charge in [0.1, 0.15) is 11.6 Å². The van der Waals surface area contributed by atoms with E-state index in [1.807, 2.05) is 0 Å². The number of thioether (sulfide) groups is 1. The molecule has 2 N–H and O–H groups in total. The number of hydrogen-bond acceptors (Lipinski definition) is 2. The molecule has 0 aromatic heterocycles. The first kappa shape index (κ1) is 14.0. The highest BCUT2D eigenvalue weighted by atomic mass is 32.2. The molecule has 1 nitrogen and oxygen atoms in total. The Kier molecular flexibility index (Phi) is 4.56. The molecule has 4 heteroatoms. The van der Waals surface area contributed by atoms with E-state index in [1.54, 1.807) is 43.0 Å². The molecule has 1 atom stereocenters. The lowest BCUT2D eigenvalue weighted by Crippen LogP contribution is -2.13. The molecule has 1 unspecified atom stereocenters. The molecule has 0 saturated carbocycles. The maximum Gasteiger partial charge on any atom is 0.126 e. The lowest BCUT2D eigenvalue weighted by atomic mass is 10.1. The lowest BCUT2D eigenvalue weighted by molar-refractivity contribution is 0.616. The summed E-state index contributed by atoms with van der Waals surface area (Å²) in [4.78, 5) is 0.968. The largest absolute Gasteiger partial charge is 0.323 e. The monoisotopic (exact) mass is 279 g/mol. The van der Waals surface area contributed by atoms with Crippen molar-refractivity contribution in [3.8, 4) is 0 Å². The first-order valence-corrected chi connectivity index (χ1v) is 6.95. The number of aryl methyl sites for hydroxylation is 1. The summed E-state index contributed by atoms with van der Waals surface area (Å²) in [5.41, 5.74) is 7.58. The van der Waals surface area contributed by atoms with Gasteiger partial charge in [-0.25, -0.2) is 8.78 Å². The molecule has 19 heavy (non-hydrogen) atoms. The number of benzene rings is 2. The topological polar surface area (TPSA) is 26.0 Å². The van der Waals surface area contributed by atoms with Crippen molar-refractivity contribution in [3.05, 3.63) is 65.2 Å². The highest BCUT2D eigenvalue weighted by Crippen LogP contribution is 2.24. The van der Waals surface area contributed by atoms with E-state index in [-0.39, 0.29) is 17.7 Å². The number of rotatable bonds is 4. The second kappa shape index (κ2) is 6.17. The molecule has 0 aliphatic heterocycles. The molecular weight excluding hydrogens is 264 g/mol. The van der Waals surface area contributed by atoms with Gasteiger partial charge in [-0.3, -0.25) is 0 Å². The fourth-order valence-electron chi connectivity index (χ4n) is 1.71. The van der Waals surface area contributed by atoms with Gasteiger partial charge in [-0.1, -0.05) is 12.1 Å². The van der Waals surface area contributed by atoms with Crippen molar-refractivity contribution in [2.24, 2.45) is 5.73 Å². The molecule has 0 radical (unpaired) electrons. The van der Waals surface area contributed by atoms with Crippen LogP contribution >= 0.6 is 11.8 Å². The minimum atomic E-state index is -0.247. The molecule has 0 amide bonds. The molecular formula is C15H15F2NS. The smallest absolute Gasteiger partial charge is 0.126 e. The van der Waals surface area contributed by atoms with Crippen LogP contribution < -0.4 is 5.73 Å². The second-order valence-corrected chi connectivity index (χ2v) is 5.47. The summed E-state index contributed by atoms with van der Waals surface area (Å²) in [5, 5.41) is 0. The summed E-state index contributed by atoms with van der Waals surface area (Å²) < 4.78 is 25.9. The third kappa shape index (κ3) is 3.78. The van der Waals surface area contributed by atoms with E-state index in [2.05, 4.69) is 0 Å². The van der Waals surface area contributed by atoms with Crippen molar-refractivity contribution in [3.63, 3.8) is 0 Å². The van der Waals surface area contributed by atoms with Crippen molar-refractivity contribution < 1.29 is 8.78 Å². The van der Waals surface area contributed by atoms with Crippen LogP contribution in [0.15, 0.2) is 47.4 Å². The third-order valence-electron chi connectivity index (χ3n) is 2.85. The van der Waals surface area contributed by atoms with Gasteiger partial charge in [-0.2, -0.15) is 0 Å². The highest BCUT2D eigenvalue weighted by molar-refractivity contribution is 7.99. The quantitative estimate of drug-likeness (QED) is 0.854. The number of halogens is 2. The fourth-order valence-corrected chi connectivity index (χ4v) is 2.60. The molecule has 100 valence electrons. The van der Waals surface area contributed by atoms with Crippen molar-refractivity contribution in [1.82, 2.24) is 0 Å². The van der Waals surface area contributed by atoms with E-state index in [4.69, 9.17) is 5.73 Å². The summed E-state index contributed by atoms with van der Waals surface area (Å²) in [7, 11) is 0. The molecule has 0 heterocycles. The predicted octanol–water partition coefficient (Wildman–Crippen LogP) is 4.07.